The molecule has 1 aromatic heterocycles. The number of sulfonamides is 1. The molecule has 168 valence electrons. The molecule has 0 bridgehead atoms. The summed E-state index contributed by atoms with van der Waals surface area (Å²) in [6.45, 7) is 1.36. The van der Waals surface area contributed by atoms with Crippen molar-refractivity contribution in [1.29, 1.82) is 0 Å². The lowest BCUT2D eigenvalue weighted by atomic mass is 10.1. The van der Waals surface area contributed by atoms with Gasteiger partial charge in [0, 0.05) is 50.1 Å². The minimum atomic E-state index is -3.83. The Labute approximate surface area is 193 Å². The maximum atomic E-state index is 13.7. The molecule has 1 saturated heterocycles. The first-order chi connectivity index (χ1) is 15.2. The second-order valence-corrected chi connectivity index (χ2v) is 10.4. The molecule has 0 N–H and O–H groups in total. The average Bonchev–Trinajstić information content (AvgIpc) is 3.25. The van der Waals surface area contributed by atoms with Crippen molar-refractivity contribution in [2.75, 3.05) is 31.1 Å². The molecule has 1 aliphatic heterocycles. The molecule has 1 fully saturated rings. The minimum Gasteiger partial charge on any atom is -0.345 e. The Bertz CT molecular complexity index is 1260. The highest BCUT2D eigenvalue weighted by atomic mass is 35.5. The Hall–Kier alpha value is -2.60. The van der Waals surface area contributed by atoms with Gasteiger partial charge in [0.05, 0.1) is 20.5 Å². The van der Waals surface area contributed by atoms with Gasteiger partial charge >= 0.3 is 0 Å². The number of nitro groups is 1. The fraction of sp³-hybridized carbons (Fsp3) is 0.250. The van der Waals surface area contributed by atoms with E-state index in [9.17, 15) is 22.9 Å². The zero-order valence-electron chi connectivity index (χ0n) is 16.6. The fourth-order valence-electron chi connectivity index (χ4n) is 3.41. The summed E-state index contributed by atoms with van der Waals surface area (Å²) < 4.78 is 40.8. The molecule has 0 spiro atoms. The van der Waals surface area contributed by atoms with Gasteiger partial charge < -0.3 is 4.90 Å². The third-order valence-corrected chi connectivity index (χ3v) is 8.24. The summed E-state index contributed by atoms with van der Waals surface area (Å²) in [6.07, 6.45) is 0.464. The maximum Gasteiger partial charge on any atom is 0.270 e. The maximum absolute atomic E-state index is 13.7. The molecule has 32 heavy (non-hydrogen) atoms. The third-order valence-electron chi connectivity index (χ3n) is 5.08. The van der Waals surface area contributed by atoms with Crippen LogP contribution in [0.4, 0.5) is 15.2 Å². The van der Waals surface area contributed by atoms with Crippen LogP contribution in [0.5, 0.6) is 0 Å². The van der Waals surface area contributed by atoms with E-state index < -0.39 is 20.8 Å². The van der Waals surface area contributed by atoms with E-state index in [2.05, 4.69) is 4.98 Å². The molecule has 0 unspecified atom stereocenters. The van der Waals surface area contributed by atoms with Crippen molar-refractivity contribution in [3.8, 4) is 0 Å². The van der Waals surface area contributed by atoms with Gasteiger partial charge in [0.25, 0.3) is 5.69 Å². The molecule has 0 radical (unpaired) electrons. The number of piperazine rings is 1. The van der Waals surface area contributed by atoms with E-state index in [4.69, 9.17) is 11.6 Å². The van der Waals surface area contributed by atoms with Crippen LogP contribution in [-0.2, 0) is 16.4 Å². The van der Waals surface area contributed by atoms with E-state index in [-0.39, 0.29) is 28.7 Å². The molecule has 2 aromatic carbocycles. The van der Waals surface area contributed by atoms with Crippen LogP contribution in [0.2, 0.25) is 5.02 Å². The van der Waals surface area contributed by atoms with Crippen LogP contribution in [0.15, 0.2) is 52.7 Å². The lowest BCUT2D eigenvalue weighted by molar-refractivity contribution is -0.385. The summed E-state index contributed by atoms with van der Waals surface area (Å²) in [5, 5.41) is 13.7. The second-order valence-electron chi connectivity index (χ2n) is 7.19. The zero-order valence-corrected chi connectivity index (χ0v) is 19.0. The number of thiazole rings is 1. The minimum absolute atomic E-state index is 0.0747. The molecule has 2 heterocycles. The van der Waals surface area contributed by atoms with Crippen molar-refractivity contribution in [3.05, 3.63) is 80.1 Å². The van der Waals surface area contributed by atoms with Crippen LogP contribution in [0.3, 0.4) is 0 Å². The van der Waals surface area contributed by atoms with Crippen molar-refractivity contribution in [1.82, 2.24) is 9.29 Å². The quantitative estimate of drug-likeness (QED) is 0.379. The number of hydrogen-bond donors (Lipinski definition) is 0. The molecule has 0 saturated carbocycles. The number of non-ortho nitro benzene ring substituents is 1. The Morgan fingerprint density at radius 1 is 1.16 bits per heavy atom. The standard InChI is InChI=1S/C20H18ClFN4O4S2/c21-18-5-4-14(11-19(18)22)10-15-13-31-20(23-15)24-6-8-25(9-7-24)32(29,30)17-3-1-2-16(12-17)26(27)28/h1-5,11-13H,6-10H2. The first kappa shape index (κ1) is 22.6. The van der Waals surface area contributed by atoms with Crippen LogP contribution in [0.1, 0.15) is 11.3 Å². The van der Waals surface area contributed by atoms with E-state index >= 15 is 0 Å². The van der Waals surface area contributed by atoms with Gasteiger partial charge in [-0.3, -0.25) is 10.1 Å². The lowest BCUT2D eigenvalue weighted by Gasteiger charge is -2.33. The fourth-order valence-corrected chi connectivity index (χ4v) is 5.87. The van der Waals surface area contributed by atoms with E-state index in [0.29, 0.717) is 19.5 Å². The first-order valence-corrected chi connectivity index (χ1v) is 12.3. The Kier molecular flexibility index (Phi) is 6.42. The smallest absolute Gasteiger partial charge is 0.270 e. The summed E-state index contributed by atoms with van der Waals surface area (Å²) in [7, 11) is -3.83. The number of anilines is 1. The number of aromatic nitrogens is 1. The zero-order chi connectivity index (χ0) is 22.9. The van der Waals surface area contributed by atoms with Gasteiger partial charge in [-0.1, -0.05) is 23.7 Å². The normalized spacial score (nSPS) is 15.1. The van der Waals surface area contributed by atoms with E-state index in [1.165, 1.54) is 46.0 Å². The van der Waals surface area contributed by atoms with Crippen LogP contribution in [-0.4, -0.2) is 48.8 Å². The SMILES string of the molecule is O=[N+]([O-])c1cccc(S(=O)(=O)N2CCN(c3nc(Cc4ccc(Cl)c(F)c4)cs3)CC2)c1. The van der Waals surface area contributed by atoms with Gasteiger partial charge in [0.15, 0.2) is 5.13 Å². The third kappa shape index (κ3) is 4.75. The Balaban J connectivity index is 1.41. The molecular weight excluding hydrogens is 479 g/mol. The second kappa shape index (κ2) is 9.10. The molecule has 8 nitrogen and oxygen atoms in total. The van der Waals surface area contributed by atoms with Gasteiger partial charge in [-0.25, -0.2) is 17.8 Å². The monoisotopic (exact) mass is 496 g/mol. The Morgan fingerprint density at radius 2 is 1.91 bits per heavy atom. The molecule has 1 aliphatic rings. The highest BCUT2D eigenvalue weighted by molar-refractivity contribution is 7.89. The number of nitro benzene ring substituents is 1. The summed E-state index contributed by atoms with van der Waals surface area (Å²) >= 11 is 7.17. The highest BCUT2D eigenvalue weighted by Gasteiger charge is 2.30. The Morgan fingerprint density at radius 3 is 2.59 bits per heavy atom. The van der Waals surface area contributed by atoms with Crippen molar-refractivity contribution in [3.63, 3.8) is 0 Å². The number of rotatable bonds is 6. The van der Waals surface area contributed by atoms with Crippen LogP contribution < -0.4 is 4.90 Å². The van der Waals surface area contributed by atoms with E-state index in [0.717, 1.165) is 22.5 Å². The summed E-state index contributed by atoms with van der Waals surface area (Å²) in [5.74, 6) is -0.472. The van der Waals surface area contributed by atoms with Crippen molar-refractivity contribution < 1.29 is 17.7 Å². The largest absolute Gasteiger partial charge is 0.345 e. The summed E-state index contributed by atoms with van der Waals surface area (Å²) in [6, 6.07) is 9.72. The van der Waals surface area contributed by atoms with Gasteiger partial charge in [-0.2, -0.15) is 4.31 Å². The molecule has 12 heteroatoms. The van der Waals surface area contributed by atoms with Crippen LogP contribution in [0, 0.1) is 15.9 Å². The van der Waals surface area contributed by atoms with Gasteiger partial charge in [0.1, 0.15) is 5.82 Å². The van der Waals surface area contributed by atoms with E-state index in [1.807, 2.05) is 10.3 Å². The van der Waals surface area contributed by atoms with Crippen molar-refractivity contribution in [2.24, 2.45) is 0 Å². The number of hydrogen-bond acceptors (Lipinski definition) is 7. The van der Waals surface area contributed by atoms with Crippen molar-refractivity contribution >= 4 is 43.8 Å². The highest BCUT2D eigenvalue weighted by Crippen LogP contribution is 2.27. The first-order valence-electron chi connectivity index (χ1n) is 9.62. The molecule has 0 atom stereocenters. The van der Waals surface area contributed by atoms with Gasteiger partial charge in [-0.15, -0.1) is 11.3 Å². The predicted octanol–water partition coefficient (Wildman–Crippen LogP) is 3.95. The molecule has 0 aliphatic carbocycles. The topological polar surface area (TPSA) is 96.6 Å². The van der Waals surface area contributed by atoms with Gasteiger partial charge in [-0.05, 0) is 23.8 Å². The molecular formula is C20H18ClFN4O4S2. The molecule has 4 rings (SSSR count). The summed E-state index contributed by atoms with van der Waals surface area (Å²) in [4.78, 5) is 16.9. The predicted molar refractivity (Wildman–Crippen MR) is 120 cm³/mol. The lowest BCUT2D eigenvalue weighted by Crippen LogP contribution is -2.48. The average molecular weight is 497 g/mol. The number of benzene rings is 2. The molecule has 0 amide bonds. The molecule has 3 aromatic rings. The number of nitrogens with zero attached hydrogens (tertiary/aromatic N) is 4. The number of halogens is 2. The van der Waals surface area contributed by atoms with E-state index in [1.54, 1.807) is 6.07 Å². The van der Waals surface area contributed by atoms with Crippen molar-refractivity contribution in [2.45, 2.75) is 11.3 Å². The summed E-state index contributed by atoms with van der Waals surface area (Å²) in [5.41, 5.74) is 1.29. The van der Waals surface area contributed by atoms with Crippen LogP contribution in [0.25, 0.3) is 0 Å². The van der Waals surface area contributed by atoms with Gasteiger partial charge in [0.2, 0.25) is 10.0 Å². The van der Waals surface area contributed by atoms with Crippen LogP contribution >= 0.6 is 22.9 Å².